The molecule has 0 aromatic heterocycles. The summed E-state index contributed by atoms with van der Waals surface area (Å²) in [7, 11) is 0. The van der Waals surface area contributed by atoms with Gasteiger partial charge in [0.2, 0.25) is 0 Å². The average Bonchev–Trinajstić information content (AvgIpc) is 3.65. The zero-order valence-corrected chi connectivity index (χ0v) is 39.9. The van der Waals surface area contributed by atoms with E-state index in [0.717, 1.165) is 89.9 Å². The van der Waals surface area contributed by atoms with Gasteiger partial charge in [-0.1, -0.05) is 162 Å². The molecule has 1 saturated heterocycles. The fourth-order valence-electron chi connectivity index (χ4n) is 8.32. The topological polar surface area (TPSA) is 129 Å². The molecule has 10 heteroatoms. The summed E-state index contributed by atoms with van der Waals surface area (Å²) in [5, 5.41) is 9.10. The third-order valence-electron chi connectivity index (χ3n) is 12.1. The van der Waals surface area contributed by atoms with Gasteiger partial charge in [-0.3, -0.25) is 24.1 Å². The molecule has 0 aromatic carbocycles. The van der Waals surface area contributed by atoms with E-state index in [0.29, 0.717) is 52.0 Å². The summed E-state index contributed by atoms with van der Waals surface area (Å²) < 4.78 is 22.9. The molecule has 10 nitrogen and oxygen atoms in total. The molecule has 358 valence electrons. The van der Waals surface area contributed by atoms with E-state index < -0.39 is 12.1 Å². The minimum atomic E-state index is -0.478. The Morgan fingerprint density at radius 1 is 0.508 bits per heavy atom. The van der Waals surface area contributed by atoms with Crippen LogP contribution < -0.4 is 0 Å². The summed E-state index contributed by atoms with van der Waals surface area (Å²) in [6.07, 6.45) is 36.2. The van der Waals surface area contributed by atoms with Gasteiger partial charge in [0, 0.05) is 38.8 Å². The monoisotopic (exact) mass is 866 g/mol. The molecule has 1 unspecified atom stereocenters. The van der Waals surface area contributed by atoms with Gasteiger partial charge in [0.1, 0.15) is 18.2 Å². The number of aliphatic hydroxyl groups is 1. The summed E-state index contributed by atoms with van der Waals surface area (Å²) >= 11 is 0. The van der Waals surface area contributed by atoms with Crippen LogP contribution in [-0.4, -0.2) is 85.0 Å². The molecule has 0 bridgehead atoms. The van der Waals surface area contributed by atoms with Crippen LogP contribution in [0.1, 0.15) is 252 Å². The number of likely N-dealkylation sites (tertiary alicyclic amines) is 1. The van der Waals surface area contributed by atoms with Crippen LogP contribution in [-0.2, 0) is 38.1 Å². The predicted molar refractivity (Wildman–Crippen MR) is 247 cm³/mol. The van der Waals surface area contributed by atoms with Crippen LogP contribution in [0, 0.1) is 0 Å². The zero-order valence-electron chi connectivity index (χ0n) is 39.9. The van der Waals surface area contributed by atoms with E-state index in [1.165, 1.54) is 109 Å². The van der Waals surface area contributed by atoms with Crippen molar-refractivity contribution in [3.8, 4) is 0 Å². The molecule has 0 aliphatic carbocycles. The van der Waals surface area contributed by atoms with Gasteiger partial charge < -0.3 is 24.1 Å². The highest BCUT2D eigenvalue weighted by Gasteiger charge is 2.39. The van der Waals surface area contributed by atoms with Crippen molar-refractivity contribution in [1.29, 1.82) is 0 Å². The molecule has 0 radical (unpaired) electrons. The van der Waals surface area contributed by atoms with E-state index in [1.54, 1.807) is 0 Å². The number of nitrogens with zero attached hydrogens (tertiary/aromatic N) is 1. The number of unbranched alkanes of at least 4 members (excludes halogenated alkanes) is 24. The SMILES string of the molecule is CCCCCCCCCCCOC(=O)CCCCCN1CC(OC(=O)CCCO)C[C@H]1C(=O)OCCCCCCCC(=O)OC(CCCCCCCC)CCCCCCCC. The Morgan fingerprint density at radius 2 is 0.951 bits per heavy atom. The van der Waals surface area contributed by atoms with Gasteiger partial charge in [0.25, 0.3) is 0 Å². The van der Waals surface area contributed by atoms with Crippen molar-refractivity contribution in [2.24, 2.45) is 0 Å². The van der Waals surface area contributed by atoms with Gasteiger partial charge in [0.15, 0.2) is 0 Å². The van der Waals surface area contributed by atoms with E-state index in [1.807, 2.05) is 0 Å². The lowest BCUT2D eigenvalue weighted by Crippen LogP contribution is -2.38. The molecule has 1 aliphatic heterocycles. The highest BCUT2D eigenvalue weighted by atomic mass is 16.6. The predicted octanol–water partition coefficient (Wildman–Crippen LogP) is 12.7. The number of esters is 4. The first-order valence-corrected chi connectivity index (χ1v) is 25.9. The lowest BCUT2D eigenvalue weighted by Gasteiger charge is -2.22. The summed E-state index contributed by atoms with van der Waals surface area (Å²) in [5.41, 5.74) is 0. The lowest BCUT2D eigenvalue weighted by atomic mass is 10.0. The maximum Gasteiger partial charge on any atom is 0.323 e. The number of carbonyl (C=O) groups excluding carboxylic acids is 4. The first-order valence-electron chi connectivity index (χ1n) is 25.9. The molecular formula is C51H95NO9. The van der Waals surface area contributed by atoms with Crippen molar-refractivity contribution in [3.63, 3.8) is 0 Å². The number of carbonyl (C=O) groups is 4. The van der Waals surface area contributed by atoms with Gasteiger partial charge in [-0.05, 0) is 70.8 Å². The highest BCUT2D eigenvalue weighted by molar-refractivity contribution is 5.76. The van der Waals surface area contributed by atoms with Gasteiger partial charge in [-0.15, -0.1) is 0 Å². The smallest absolute Gasteiger partial charge is 0.323 e. The quantitative estimate of drug-likeness (QED) is 0.0359. The van der Waals surface area contributed by atoms with E-state index in [9.17, 15) is 19.2 Å². The van der Waals surface area contributed by atoms with Crippen molar-refractivity contribution in [2.75, 3.05) is 32.9 Å². The van der Waals surface area contributed by atoms with E-state index in [2.05, 4.69) is 25.7 Å². The fourth-order valence-corrected chi connectivity index (χ4v) is 8.32. The molecule has 0 spiro atoms. The molecule has 0 saturated carbocycles. The van der Waals surface area contributed by atoms with Crippen molar-refractivity contribution < 1.29 is 43.2 Å². The van der Waals surface area contributed by atoms with Crippen LogP contribution in [0.25, 0.3) is 0 Å². The third-order valence-corrected chi connectivity index (χ3v) is 12.1. The summed E-state index contributed by atoms with van der Waals surface area (Å²) in [5.74, 6) is -0.839. The molecule has 2 atom stereocenters. The Balaban J connectivity index is 2.35. The van der Waals surface area contributed by atoms with Gasteiger partial charge in [0.05, 0.1) is 13.2 Å². The second kappa shape index (κ2) is 41.8. The Labute approximate surface area is 374 Å². The van der Waals surface area contributed by atoms with Crippen molar-refractivity contribution in [2.45, 2.75) is 270 Å². The maximum absolute atomic E-state index is 13.3. The number of rotatable bonds is 44. The maximum atomic E-state index is 13.3. The molecule has 1 rings (SSSR count). The fraction of sp³-hybridized carbons (Fsp3) is 0.922. The van der Waals surface area contributed by atoms with E-state index >= 15 is 0 Å². The van der Waals surface area contributed by atoms with Crippen LogP contribution in [0.5, 0.6) is 0 Å². The highest BCUT2D eigenvalue weighted by Crippen LogP contribution is 2.24. The first-order chi connectivity index (χ1) is 29.8. The Hall–Kier alpha value is -2.20. The van der Waals surface area contributed by atoms with Crippen LogP contribution in [0.4, 0.5) is 0 Å². The number of hydrogen-bond acceptors (Lipinski definition) is 10. The molecule has 61 heavy (non-hydrogen) atoms. The number of hydrogen-bond donors (Lipinski definition) is 1. The average molecular weight is 866 g/mol. The molecule has 1 fully saturated rings. The molecule has 0 aromatic rings. The number of aliphatic hydroxyl groups excluding tert-OH is 1. The molecule has 0 amide bonds. The van der Waals surface area contributed by atoms with Crippen LogP contribution >= 0.6 is 0 Å². The van der Waals surface area contributed by atoms with Crippen LogP contribution in [0.3, 0.4) is 0 Å². The third kappa shape index (κ3) is 34.0. The number of ether oxygens (including phenoxy) is 4. The first kappa shape index (κ1) is 56.8. The van der Waals surface area contributed by atoms with Gasteiger partial charge >= 0.3 is 23.9 Å². The largest absolute Gasteiger partial charge is 0.466 e. The second-order valence-electron chi connectivity index (χ2n) is 18.0. The normalized spacial score (nSPS) is 15.4. The minimum absolute atomic E-state index is 0.0543. The molecular weight excluding hydrogens is 771 g/mol. The Kier molecular flexibility index (Phi) is 38.9. The van der Waals surface area contributed by atoms with Crippen LogP contribution in [0.15, 0.2) is 0 Å². The Morgan fingerprint density at radius 3 is 1.49 bits per heavy atom. The summed E-state index contributed by atoms with van der Waals surface area (Å²) in [6.45, 7) is 8.61. The molecule has 1 heterocycles. The molecule has 1 aliphatic rings. The standard InChI is InChI=1S/C51H95NO9/c1-4-7-10-13-16-17-18-23-31-41-58-48(54)36-29-25-30-39-52-44-46(61-50(56)38-33-40-53)43-47(52)51(57)59-42-32-24-19-22-28-37-49(55)60-45(34-26-20-14-11-8-5-2)35-27-21-15-12-9-6-3/h45-47,53H,4-44H2,1-3H3/t46?,47-/m0/s1. The van der Waals surface area contributed by atoms with Gasteiger partial charge in [-0.25, -0.2) is 0 Å². The van der Waals surface area contributed by atoms with Crippen LogP contribution in [0.2, 0.25) is 0 Å². The van der Waals surface area contributed by atoms with E-state index in [-0.39, 0.29) is 43.0 Å². The van der Waals surface area contributed by atoms with Crippen molar-refractivity contribution >= 4 is 23.9 Å². The van der Waals surface area contributed by atoms with E-state index in [4.69, 9.17) is 24.1 Å². The summed E-state index contributed by atoms with van der Waals surface area (Å²) in [6, 6.07) is -0.478. The van der Waals surface area contributed by atoms with Crippen molar-refractivity contribution in [3.05, 3.63) is 0 Å². The Bertz CT molecular complexity index is 1040. The summed E-state index contributed by atoms with van der Waals surface area (Å²) in [4.78, 5) is 52.7. The van der Waals surface area contributed by atoms with Gasteiger partial charge in [-0.2, -0.15) is 0 Å². The minimum Gasteiger partial charge on any atom is -0.466 e. The van der Waals surface area contributed by atoms with Crippen molar-refractivity contribution in [1.82, 2.24) is 4.90 Å². The second-order valence-corrected chi connectivity index (χ2v) is 18.0. The molecule has 1 N–H and O–H groups in total. The zero-order chi connectivity index (χ0) is 44.4. The lowest BCUT2D eigenvalue weighted by molar-refractivity contribution is -0.151.